The van der Waals surface area contributed by atoms with Gasteiger partial charge in [0.05, 0.1) is 7.11 Å². The SMILES string of the molecule is C1=NC(Nc2cccc3ccccc23)=CCC1.C=C/C=C(\C=C)c1ccc(Nc2cccc3ccccc23)cc1.CC(C)(C)c1ccc(Nc2cccc3ccccc23)cc1.COc1ccc(Nc2cccc3ccccc23)cc1.c1ccc2cc(Nc3cccc4ccccc34)ccc2c1. The van der Waals surface area contributed by atoms with Crippen LogP contribution in [0.1, 0.15) is 44.7 Å². The quantitative estimate of drug-likeness (QED) is 0.0698. The number of benzene rings is 15. The van der Waals surface area contributed by atoms with Gasteiger partial charge >= 0.3 is 0 Å². The summed E-state index contributed by atoms with van der Waals surface area (Å²) in [5.74, 6) is 1.82. The number of nitrogens with one attached hydrogen (secondary N) is 5. The van der Waals surface area contributed by atoms with E-state index >= 15 is 0 Å². The molecule has 0 bridgehead atoms. The van der Waals surface area contributed by atoms with E-state index in [1.54, 1.807) is 13.2 Å². The van der Waals surface area contributed by atoms with Gasteiger partial charge in [-0.3, -0.25) is 0 Å². The Hall–Kier alpha value is -12.7. The summed E-state index contributed by atoms with van der Waals surface area (Å²) in [6.07, 6.45) is 11.8. The maximum atomic E-state index is 5.16. The molecule has 7 heteroatoms. The molecule has 15 aromatic carbocycles. The summed E-state index contributed by atoms with van der Waals surface area (Å²) in [6, 6.07) is 113. The largest absolute Gasteiger partial charge is 0.497 e. The Labute approximate surface area is 594 Å². The van der Waals surface area contributed by atoms with Crippen molar-refractivity contribution in [3.63, 3.8) is 0 Å². The summed E-state index contributed by atoms with van der Waals surface area (Å²) in [5, 5.41) is 32.3. The zero-order valence-electron chi connectivity index (χ0n) is 57.7. The molecule has 0 saturated heterocycles. The van der Waals surface area contributed by atoms with Crippen LogP contribution in [0.3, 0.4) is 0 Å². The number of ether oxygens (including phenoxy) is 1. The number of anilines is 9. The van der Waals surface area contributed by atoms with Gasteiger partial charge in [0.2, 0.25) is 0 Å². The van der Waals surface area contributed by atoms with Gasteiger partial charge in [0.25, 0.3) is 0 Å². The van der Waals surface area contributed by atoms with E-state index in [0.717, 1.165) is 86.7 Å². The monoisotopic (exact) mass is 1310 g/mol. The van der Waals surface area contributed by atoms with Gasteiger partial charge in [-0.1, -0.05) is 289 Å². The maximum absolute atomic E-state index is 5.16. The predicted molar refractivity (Wildman–Crippen MR) is 439 cm³/mol. The van der Waals surface area contributed by atoms with Crippen LogP contribution in [0.15, 0.2) is 376 Å². The Morgan fingerprint density at radius 3 is 1.08 bits per heavy atom. The van der Waals surface area contributed by atoms with Crippen LogP contribution in [0, 0.1) is 0 Å². The molecule has 16 rings (SSSR count). The molecule has 0 atom stereocenters. The molecule has 0 aromatic heterocycles. The molecule has 5 N–H and O–H groups in total. The Balaban J connectivity index is 0.000000120. The molecule has 1 heterocycles. The van der Waals surface area contributed by atoms with Crippen LogP contribution in [-0.2, 0) is 5.41 Å². The lowest BCUT2D eigenvalue weighted by molar-refractivity contribution is 0.415. The third-order valence-corrected chi connectivity index (χ3v) is 17.5. The number of nitrogens with zero attached hydrogens (tertiary/aromatic N) is 1. The Morgan fingerprint density at radius 2 is 0.703 bits per heavy atom. The van der Waals surface area contributed by atoms with Crippen molar-refractivity contribution in [1.82, 2.24) is 0 Å². The molecule has 0 fully saturated rings. The van der Waals surface area contributed by atoms with Crippen LogP contribution < -0.4 is 31.3 Å². The lowest BCUT2D eigenvalue weighted by atomic mass is 9.87. The molecule has 0 radical (unpaired) electrons. The second-order valence-electron chi connectivity index (χ2n) is 25.5. The van der Waals surface area contributed by atoms with Gasteiger partial charge < -0.3 is 31.3 Å². The van der Waals surface area contributed by atoms with E-state index in [1.807, 2.05) is 42.6 Å². The first kappa shape index (κ1) is 68.2. The molecule has 1 aliphatic heterocycles. The summed E-state index contributed by atoms with van der Waals surface area (Å²) in [5.41, 5.74) is 13.7. The Morgan fingerprint density at radius 1 is 0.356 bits per heavy atom. The van der Waals surface area contributed by atoms with Gasteiger partial charge in [0.1, 0.15) is 11.6 Å². The average Bonchev–Trinajstić information content (AvgIpc) is 0.845. The van der Waals surface area contributed by atoms with E-state index in [2.05, 4.69) is 375 Å². The molecule has 496 valence electrons. The van der Waals surface area contributed by atoms with Crippen LogP contribution in [0.25, 0.3) is 70.2 Å². The molecule has 0 saturated carbocycles. The minimum atomic E-state index is 0.192. The number of rotatable bonds is 14. The van der Waals surface area contributed by atoms with Crippen LogP contribution >= 0.6 is 0 Å². The van der Waals surface area contributed by atoms with E-state index in [0.29, 0.717) is 0 Å². The average molecular weight is 1310 g/mol. The molecule has 1 aliphatic rings. The fourth-order valence-corrected chi connectivity index (χ4v) is 12.2. The van der Waals surface area contributed by atoms with E-state index in [4.69, 9.17) is 4.74 Å². The molecular weight excluding hydrogens is 1230 g/mol. The van der Waals surface area contributed by atoms with Gasteiger partial charge in [0.15, 0.2) is 0 Å². The van der Waals surface area contributed by atoms with Crippen molar-refractivity contribution in [1.29, 1.82) is 0 Å². The van der Waals surface area contributed by atoms with E-state index in [-0.39, 0.29) is 5.41 Å². The van der Waals surface area contributed by atoms with Crippen molar-refractivity contribution in [2.24, 2.45) is 4.99 Å². The molecule has 101 heavy (non-hydrogen) atoms. The second kappa shape index (κ2) is 33.5. The van der Waals surface area contributed by atoms with Crippen molar-refractivity contribution in [3.05, 3.63) is 382 Å². The fraction of sp³-hybridized carbons (Fsp3) is 0.0745. The molecular formula is C94H84N6O. The number of aliphatic imine (C=N–C) groups is 1. The predicted octanol–water partition coefficient (Wildman–Crippen LogP) is 26.5. The fourth-order valence-electron chi connectivity index (χ4n) is 12.2. The second-order valence-corrected chi connectivity index (χ2v) is 25.5. The van der Waals surface area contributed by atoms with E-state index in [1.165, 1.54) is 70.2 Å². The van der Waals surface area contributed by atoms with Crippen LogP contribution in [-0.4, -0.2) is 13.3 Å². The molecule has 0 aliphatic carbocycles. The van der Waals surface area contributed by atoms with E-state index < -0.39 is 0 Å². The Kier molecular flexibility index (Phi) is 22.6. The summed E-state index contributed by atoms with van der Waals surface area (Å²) >= 11 is 0. The van der Waals surface area contributed by atoms with Crippen molar-refractivity contribution < 1.29 is 4.74 Å². The lowest BCUT2D eigenvalue weighted by Gasteiger charge is -2.19. The van der Waals surface area contributed by atoms with Crippen molar-refractivity contribution in [2.45, 2.75) is 39.0 Å². The molecule has 15 aromatic rings. The van der Waals surface area contributed by atoms with Crippen LogP contribution in [0.2, 0.25) is 0 Å². The normalized spacial score (nSPS) is 11.6. The van der Waals surface area contributed by atoms with Gasteiger partial charge in [-0.15, -0.1) is 0 Å². The third-order valence-electron chi connectivity index (χ3n) is 17.5. The van der Waals surface area contributed by atoms with Crippen molar-refractivity contribution in [2.75, 3.05) is 33.7 Å². The zero-order valence-corrected chi connectivity index (χ0v) is 57.7. The first-order chi connectivity index (χ1) is 49.5. The number of hydrogen-bond donors (Lipinski definition) is 5. The van der Waals surface area contributed by atoms with Crippen molar-refractivity contribution >= 4 is 128 Å². The smallest absolute Gasteiger partial charge is 0.125 e. The lowest BCUT2D eigenvalue weighted by Crippen LogP contribution is -2.10. The topological polar surface area (TPSA) is 81.7 Å². The number of fused-ring (bicyclic) bond motifs is 6. The van der Waals surface area contributed by atoms with Crippen LogP contribution in [0.4, 0.5) is 51.2 Å². The summed E-state index contributed by atoms with van der Waals surface area (Å²) in [6.45, 7) is 14.3. The van der Waals surface area contributed by atoms with Gasteiger partial charge in [-0.05, 0) is 170 Å². The molecule has 0 amide bonds. The molecule has 7 nitrogen and oxygen atoms in total. The standard InChI is InChI=1S/C22H19N.C20H15N.C20H21N.C17H15NO.C15H14N2/c1-3-8-17(4-2)18-13-15-20(16-14-18)23-22-12-7-10-19-9-5-6-11-21(19)22;1-2-8-17-14-18(13-12-15(17)6-1)21-20-11-5-9-16-7-3-4-10-19(16)20;1-20(2,3)16-11-13-17(14-12-16)21-19-10-6-8-15-7-4-5-9-18(15)19;1-19-15-11-9-14(10-12-15)18-17-8-4-6-13-5-2-3-7-16(13)17;1-2-8-13-12(6-1)7-5-9-14(13)17-15-10-3-4-11-16-15/h3-16,23H,1-2H2;1-14,21H;4-14,21H,1-3H3;2-12,18H,1H3;1-2,5-11,17H,3-4H2/b17-8+;;;;. The van der Waals surface area contributed by atoms with Gasteiger partial charge in [-0.25, -0.2) is 4.99 Å². The molecule has 0 spiro atoms. The van der Waals surface area contributed by atoms with Gasteiger partial charge in [-0.2, -0.15) is 0 Å². The summed E-state index contributed by atoms with van der Waals surface area (Å²) < 4.78 is 5.16. The number of methoxy groups -OCH3 is 1. The minimum absolute atomic E-state index is 0.192. The number of allylic oxidation sites excluding steroid dienone is 5. The van der Waals surface area contributed by atoms with Gasteiger partial charge in [0, 0.05) is 84.3 Å². The zero-order chi connectivity index (χ0) is 69.6. The highest BCUT2D eigenvalue weighted by molar-refractivity contribution is 6.00. The third kappa shape index (κ3) is 18.1. The first-order valence-corrected chi connectivity index (χ1v) is 34.3. The maximum Gasteiger partial charge on any atom is 0.125 e. The van der Waals surface area contributed by atoms with Crippen LogP contribution in [0.5, 0.6) is 5.75 Å². The summed E-state index contributed by atoms with van der Waals surface area (Å²) in [7, 11) is 1.67. The van der Waals surface area contributed by atoms with E-state index in [9.17, 15) is 0 Å². The first-order valence-electron chi connectivity index (χ1n) is 34.3. The highest BCUT2D eigenvalue weighted by atomic mass is 16.5. The minimum Gasteiger partial charge on any atom is -0.497 e. The summed E-state index contributed by atoms with van der Waals surface area (Å²) in [4.78, 5) is 4.36. The Bertz CT molecular complexity index is 5370. The molecule has 0 unspecified atom stereocenters. The van der Waals surface area contributed by atoms with Crippen molar-refractivity contribution in [3.8, 4) is 5.75 Å². The number of hydrogen-bond acceptors (Lipinski definition) is 7. The highest BCUT2D eigenvalue weighted by Crippen LogP contribution is 2.34. The highest BCUT2D eigenvalue weighted by Gasteiger charge is 2.14.